The van der Waals surface area contributed by atoms with Crippen LogP contribution < -0.4 is 0 Å². The van der Waals surface area contributed by atoms with E-state index in [-0.39, 0.29) is 11.7 Å². The van der Waals surface area contributed by atoms with Crippen molar-refractivity contribution in [2.45, 2.75) is 38.5 Å². The van der Waals surface area contributed by atoms with E-state index in [2.05, 4.69) is 0 Å². The molecule has 0 saturated heterocycles. The molecule has 0 spiro atoms. The molecule has 1 saturated carbocycles. The first-order chi connectivity index (χ1) is 7.68. The number of thiophene rings is 1. The van der Waals surface area contributed by atoms with Crippen LogP contribution in [0.2, 0.25) is 8.67 Å². The first-order valence-electron chi connectivity index (χ1n) is 5.67. The minimum Gasteiger partial charge on any atom is -0.294 e. The largest absolute Gasteiger partial charge is 0.294 e. The van der Waals surface area contributed by atoms with E-state index >= 15 is 0 Å². The molecule has 1 aliphatic rings. The van der Waals surface area contributed by atoms with Gasteiger partial charge in [0.1, 0.15) is 4.34 Å². The quantitative estimate of drug-likeness (QED) is 0.536. The van der Waals surface area contributed by atoms with Gasteiger partial charge in [0.25, 0.3) is 0 Å². The summed E-state index contributed by atoms with van der Waals surface area (Å²) in [4.78, 5) is 12.3. The van der Waals surface area contributed by atoms with Crippen LogP contribution in [-0.4, -0.2) is 5.78 Å². The first-order valence-corrected chi connectivity index (χ1v) is 7.25. The highest BCUT2D eigenvalue weighted by Crippen LogP contribution is 2.35. The van der Waals surface area contributed by atoms with Crippen molar-refractivity contribution in [3.8, 4) is 0 Å². The summed E-state index contributed by atoms with van der Waals surface area (Å²) in [5.41, 5.74) is 0.628. The van der Waals surface area contributed by atoms with Gasteiger partial charge >= 0.3 is 0 Å². The lowest BCUT2D eigenvalue weighted by Crippen LogP contribution is -2.13. The van der Waals surface area contributed by atoms with E-state index in [9.17, 15) is 4.79 Å². The summed E-state index contributed by atoms with van der Waals surface area (Å²) in [6.45, 7) is 0. The standard InChI is InChI=1S/C12H14Cl2OS/c13-10-7-9(12(14)16-10)11(15)8-5-3-1-2-4-6-8/h7-8H,1-6H2. The van der Waals surface area contributed by atoms with E-state index in [1.54, 1.807) is 6.07 Å². The van der Waals surface area contributed by atoms with Crippen molar-refractivity contribution in [2.24, 2.45) is 5.92 Å². The molecule has 0 unspecified atom stereocenters. The van der Waals surface area contributed by atoms with Gasteiger partial charge in [-0.3, -0.25) is 4.79 Å². The van der Waals surface area contributed by atoms with Crippen LogP contribution in [0.25, 0.3) is 0 Å². The van der Waals surface area contributed by atoms with Gasteiger partial charge in [-0.15, -0.1) is 11.3 Å². The fourth-order valence-electron chi connectivity index (χ4n) is 2.27. The topological polar surface area (TPSA) is 17.1 Å². The highest BCUT2D eigenvalue weighted by molar-refractivity contribution is 7.20. The molecular weight excluding hydrogens is 263 g/mol. The van der Waals surface area contributed by atoms with Gasteiger partial charge in [0.05, 0.1) is 4.34 Å². The Labute approximate surface area is 110 Å². The zero-order valence-corrected chi connectivity index (χ0v) is 11.3. The molecule has 1 aromatic heterocycles. The number of Topliss-reactive ketones (excluding diaryl/α,β-unsaturated/α-hetero) is 1. The Morgan fingerprint density at radius 1 is 1.19 bits per heavy atom. The smallest absolute Gasteiger partial charge is 0.168 e. The van der Waals surface area contributed by atoms with Crippen LogP contribution in [0, 0.1) is 5.92 Å². The lowest BCUT2D eigenvalue weighted by Gasteiger charge is -2.11. The van der Waals surface area contributed by atoms with Gasteiger partial charge in [0.15, 0.2) is 5.78 Å². The fourth-order valence-corrected chi connectivity index (χ4v) is 3.74. The van der Waals surface area contributed by atoms with Gasteiger partial charge in [-0.25, -0.2) is 0 Å². The first kappa shape index (κ1) is 12.4. The van der Waals surface area contributed by atoms with Gasteiger partial charge in [0.2, 0.25) is 0 Å². The molecule has 1 nitrogen and oxygen atoms in total. The Bertz CT molecular complexity index is 378. The number of ketones is 1. The van der Waals surface area contributed by atoms with Crippen LogP contribution in [0.1, 0.15) is 48.9 Å². The summed E-state index contributed by atoms with van der Waals surface area (Å²) in [6, 6.07) is 1.71. The van der Waals surface area contributed by atoms with Crippen molar-refractivity contribution in [1.82, 2.24) is 0 Å². The molecule has 88 valence electrons. The van der Waals surface area contributed by atoms with E-state index in [0.717, 1.165) is 25.7 Å². The van der Waals surface area contributed by atoms with E-state index in [4.69, 9.17) is 23.2 Å². The summed E-state index contributed by atoms with van der Waals surface area (Å²) in [6.07, 6.45) is 6.83. The summed E-state index contributed by atoms with van der Waals surface area (Å²) in [5.74, 6) is 0.348. The second kappa shape index (κ2) is 5.52. The third kappa shape index (κ3) is 2.79. The van der Waals surface area contributed by atoms with Crippen LogP contribution in [0.5, 0.6) is 0 Å². The Morgan fingerprint density at radius 2 is 1.81 bits per heavy atom. The molecule has 16 heavy (non-hydrogen) atoms. The molecule has 0 aliphatic heterocycles. The monoisotopic (exact) mass is 276 g/mol. The fraction of sp³-hybridized carbons (Fsp3) is 0.583. The van der Waals surface area contributed by atoms with Gasteiger partial charge in [-0.2, -0.15) is 0 Å². The number of hydrogen-bond donors (Lipinski definition) is 0. The molecule has 2 rings (SSSR count). The van der Waals surface area contributed by atoms with E-state index < -0.39 is 0 Å². The number of hydrogen-bond acceptors (Lipinski definition) is 2. The third-order valence-electron chi connectivity index (χ3n) is 3.15. The normalized spacial score (nSPS) is 18.4. The second-order valence-corrected chi connectivity index (χ2v) is 6.58. The molecule has 1 heterocycles. The highest BCUT2D eigenvalue weighted by atomic mass is 35.5. The van der Waals surface area contributed by atoms with Gasteiger partial charge in [0, 0.05) is 11.5 Å². The number of halogens is 2. The average molecular weight is 277 g/mol. The van der Waals surface area contributed by atoms with Crippen molar-refractivity contribution >= 4 is 40.3 Å². The van der Waals surface area contributed by atoms with Crippen LogP contribution in [0.3, 0.4) is 0 Å². The lowest BCUT2D eigenvalue weighted by molar-refractivity contribution is 0.0908. The molecule has 0 radical (unpaired) electrons. The van der Waals surface area contributed by atoms with Crippen LogP contribution in [0.4, 0.5) is 0 Å². The Morgan fingerprint density at radius 3 is 2.31 bits per heavy atom. The van der Waals surface area contributed by atoms with Crippen molar-refractivity contribution in [3.63, 3.8) is 0 Å². The van der Waals surface area contributed by atoms with Crippen molar-refractivity contribution in [1.29, 1.82) is 0 Å². The molecule has 1 aromatic rings. The van der Waals surface area contributed by atoms with Gasteiger partial charge < -0.3 is 0 Å². The van der Waals surface area contributed by atoms with Gasteiger partial charge in [-0.1, -0.05) is 48.9 Å². The predicted octanol–water partition coefficient (Wildman–Crippen LogP) is 5.21. The maximum atomic E-state index is 12.3. The van der Waals surface area contributed by atoms with Crippen molar-refractivity contribution in [2.75, 3.05) is 0 Å². The SMILES string of the molecule is O=C(c1cc(Cl)sc1Cl)C1CCCCCC1. The molecule has 0 N–H and O–H groups in total. The third-order valence-corrected chi connectivity index (χ3v) is 4.64. The molecular formula is C12H14Cl2OS. The van der Waals surface area contributed by atoms with E-state index in [1.807, 2.05) is 0 Å². The predicted molar refractivity (Wildman–Crippen MR) is 69.9 cm³/mol. The summed E-state index contributed by atoms with van der Waals surface area (Å²) >= 11 is 13.2. The number of rotatable bonds is 2. The summed E-state index contributed by atoms with van der Waals surface area (Å²) < 4.78 is 1.14. The van der Waals surface area contributed by atoms with E-state index in [1.165, 1.54) is 24.2 Å². The minimum atomic E-state index is 0.158. The van der Waals surface area contributed by atoms with Crippen LogP contribution in [-0.2, 0) is 0 Å². The molecule has 1 fully saturated rings. The summed E-state index contributed by atoms with van der Waals surface area (Å²) in [7, 11) is 0. The maximum absolute atomic E-state index is 12.3. The maximum Gasteiger partial charge on any atom is 0.168 e. The molecule has 4 heteroatoms. The molecule has 0 bridgehead atoms. The highest BCUT2D eigenvalue weighted by Gasteiger charge is 2.24. The number of carbonyl (C=O) groups excluding carboxylic acids is 1. The molecule has 0 amide bonds. The second-order valence-electron chi connectivity index (χ2n) is 4.29. The average Bonchev–Trinajstić information content (AvgIpc) is 2.49. The summed E-state index contributed by atoms with van der Waals surface area (Å²) in [5, 5.41) is 0. The van der Waals surface area contributed by atoms with Crippen LogP contribution in [0.15, 0.2) is 6.07 Å². The molecule has 0 aromatic carbocycles. The Hall–Kier alpha value is -0.0500. The Balaban J connectivity index is 2.14. The Kier molecular flexibility index (Phi) is 4.28. The minimum absolute atomic E-state index is 0.158. The molecule has 1 aliphatic carbocycles. The van der Waals surface area contributed by atoms with Crippen LogP contribution >= 0.6 is 34.5 Å². The van der Waals surface area contributed by atoms with E-state index in [0.29, 0.717) is 14.2 Å². The zero-order valence-electron chi connectivity index (χ0n) is 8.97. The van der Waals surface area contributed by atoms with Gasteiger partial charge in [-0.05, 0) is 18.9 Å². The number of carbonyl (C=O) groups is 1. The van der Waals surface area contributed by atoms with Crippen molar-refractivity contribution in [3.05, 3.63) is 20.3 Å². The van der Waals surface area contributed by atoms with Crippen molar-refractivity contribution < 1.29 is 4.79 Å². The lowest BCUT2D eigenvalue weighted by atomic mass is 9.92. The zero-order chi connectivity index (χ0) is 11.5. The molecule has 0 atom stereocenters.